The summed E-state index contributed by atoms with van der Waals surface area (Å²) in [6.45, 7) is 8.20. The topological polar surface area (TPSA) is 28.7 Å². The van der Waals surface area contributed by atoms with Gasteiger partial charge in [0.1, 0.15) is 5.82 Å². The van der Waals surface area contributed by atoms with Crippen molar-refractivity contribution in [3.05, 3.63) is 66.8 Å². The molecule has 19 heavy (non-hydrogen) atoms. The van der Waals surface area contributed by atoms with E-state index in [1.807, 2.05) is 12.3 Å². The Hall–Kier alpha value is -1.54. The van der Waals surface area contributed by atoms with Crippen molar-refractivity contribution in [1.82, 2.24) is 9.97 Å². The van der Waals surface area contributed by atoms with Crippen LogP contribution >= 0.6 is 12.4 Å². The fraction of sp³-hybridized carbons (Fsp3) is 0.312. The Labute approximate surface area is 122 Å². The van der Waals surface area contributed by atoms with E-state index in [0.717, 1.165) is 24.4 Å². The molecule has 1 aromatic heterocycles. The summed E-state index contributed by atoms with van der Waals surface area (Å²) < 4.78 is 0. The fourth-order valence-electron chi connectivity index (χ4n) is 1.77. The van der Waals surface area contributed by atoms with Gasteiger partial charge in [-0.05, 0) is 12.0 Å². The lowest BCUT2D eigenvalue weighted by Crippen LogP contribution is -1.90. The van der Waals surface area contributed by atoms with Crippen LogP contribution in [0.3, 0.4) is 0 Å². The molecule has 1 N–H and O–H groups in total. The molecule has 2 nitrogen and oxygen atoms in total. The fourth-order valence-corrected chi connectivity index (χ4v) is 1.77. The van der Waals surface area contributed by atoms with Crippen LogP contribution in [0.5, 0.6) is 0 Å². The van der Waals surface area contributed by atoms with Crippen molar-refractivity contribution in [2.24, 2.45) is 0 Å². The summed E-state index contributed by atoms with van der Waals surface area (Å²) in [7, 11) is 0. The van der Waals surface area contributed by atoms with E-state index < -0.39 is 0 Å². The number of halogens is 1. The zero-order valence-electron chi connectivity index (χ0n) is 11.6. The van der Waals surface area contributed by atoms with Crippen LogP contribution in [0, 0.1) is 0 Å². The lowest BCUT2D eigenvalue weighted by Gasteiger charge is -1.96. The SMILES string of the molecule is C=C.CCCCc1nc(Cc2ccccc2)c[nH]1.Cl. The summed E-state index contributed by atoms with van der Waals surface area (Å²) in [4.78, 5) is 7.84. The Bertz CT molecular complexity index is 437. The highest BCUT2D eigenvalue weighted by atomic mass is 35.5. The third-order valence-electron chi connectivity index (χ3n) is 2.68. The first kappa shape index (κ1) is 17.5. The van der Waals surface area contributed by atoms with E-state index in [1.165, 1.54) is 18.4 Å². The summed E-state index contributed by atoms with van der Waals surface area (Å²) in [6, 6.07) is 10.5. The Balaban J connectivity index is 0.00000103. The van der Waals surface area contributed by atoms with Crippen LogP contribution in [0.2, 0.25) is 0 Å². The normalized spacial score (nSPS) is 9.11. The van der Waals surface area contributed by atoms with Gasteiger partial charge in [0.2, 0.25) is 0 Å². The van der Waals surface area contributed by atoms with Crippen LogP contribution in [0.15, 0.2) is 49.7 Å². The molecule has 2 aromatic rings. The van der Waals surface area contributed by atoms with Gasteiger partial charge in [0, 0.05) is 19.0 Å². The highest BCUT2D eigenvalue weighted by molar-refractivity contribution is 5.85. The van der Waals surface area contributed by atoms with E-state index >= 15 is 0 Å². The van der Waals surface area contributed by atoms with Gasteiger partial charge in [0.25, 0.3) is 0 Å². The number of unbranched alkanes of at least 4 members (excludes halogenated alkanes) is 1. The number of nitrogens with zero attached hydrogens (tertiary/aromatic N) is 1. The highest BCUT2D eigenvalue weighted by Crippen LogP contribution is 2.08. The number of aryl methyl sites for hydroxylation is 1. The van der Waals surface area contributed by atoms with Crippen molar-refractivity contribution >= 4 is 12.4 Å². The number of imidazole rings is 1. The van der Waals surface area contributed by atoms with Gasteiger partial charge in [-0.1, -0.05) is 43.7 Å². The van der Waals surface area contributed by atoms with Crippen molar-refractivity contribution in [3.8, 4) is 0 Å². The van der Waals surface area contributed by atoms with Crippen molar-refractivity contribution in [1.29, 1.82) is 0 Å². The summed E-state index contributed by atoms with van der Waals surface area (Å²) in [5.41, 5.74) is 2.45. The van der Waals surface area contributed by atoms with Gasteiger partial charge in [-0.3, -0.25) is 0 Å². The van der Waals surface area contributed by atoms with Crippen molar-refractivity contribution in [2.45, 2.75) is 32.6 Å². The number of H-pyrrole nitrogens is 1. The molecule has 0 spiro atoms. The molecule has 0 fully saturated rings. The van der Waals surface area contributed by atoms with Crippen LogP contribution < -0.4 is 0 Å². The van der Waals surface area contributed by atoms with E-state index in [9.17, 15) is 0 Å². The number of hydrogen-bond acceptors (Lipinski definition) is 1. The smallest absolute Gasteiger partial charge is 0.106 e. The molecule has 0 unspecified atom stereocenters. The first-order valence-corrected chi connectivity index (χ1v) is 6.45. The Morgan fingerprint density at radius 3 is 2.47 bits per heavy atom. The second kappa shape index (κ2) is 10.4. The maximum absolute atomic E-state index is 4.59. The second-order valence-electron chi connectivity index (χ2n) is 4.10. The first-order valence-electron chi connectivity index (χ1n) is 6.45. The van der Waals surface area contributed by atoms with Gasteiger partial charge in [0.05, 0.1) is 5.69 Å². The Kier molecular flexibility index (Phi) is 9.55. The van der Waals surface area contributed by atoms with E-state index in [4.69, 9.17) is 0 Å². The van der Waals surface area contributed by atoms with Gasteiger partial charge in [0.15, 0.2) is 0 Å². The molecule has 0 saturated heterocycles. The van der Waals surface area contributed by atoms with Gasteiger partial charge in [-0.2, -0.15) is 0 Å². The number of nitrogens with one attached hydrogen (secondary N) is 1. The minimum atomic E-state index is 0. The highest BCUT2D eigenvalue weighted by Gasteiger charge is 2.01. The molecule has 0 radical (unpaired) electrons. The van der Waals surface area contributed by atoms with Gasteiger partial charge in [-0.15, -0.1) is 25.6 Å². The molecular formula is C16H23ClN2. The molecule has 0 amide bonds. The van der Waals surface area contributed by atoms with Gasteiger partial charge >= 0.3 is 0 Å². The summed E-state index contributed by atoms with van der Waals surface area (Å²) in [5, 5.41) is 0. The number of rotatable bonds is 5. The minimum absolute atomic E-state index is 0. The standard InChI is InChI=1S/C14H18N2.C2H4.ClH/c1-2-3-9-14-15-11-13(16-14)10-12-7-5-4-6-8-12;1-2;/h4-8,11H,2-3,9-10H2,1H3,(H,15,16);1-2H2;1H. The molecule has 0 bridgehead atoms. The van der Waals surface area contributed by atoms with Crippen LogP contribution in [-0.2, 0) is 12.8 Å². The van der Waals surface area contributed by atoms with Crippen molar-refractivity contribution in [2.75, 3.05) is 0 Å². The maximum Gasteiger partial charge on any atom is 0.106 e. The third kappa shape index (κ3) is 6.25. The monoisotopic (exact) mass is 278 g/mol. The molecular weight excluding hydrogens is 256 g/mol. The number of benzene rings is 1. The minimum Gasteiger partial charge on any atom is -0.348 e. The first-order chi connectivity index (χ1) is 8.88. The molecule has 0 aliphatic carbocycles. The van der Waals surface area contributed by atoms with Crippen LogP contribution in [0.4, 0.5) is 0 Å². The molecule has 0 aliphatic heterocycles. The number of aromatic nitrogens is 2. The molecule has 0 atom stereocenters. The predicted molar refractivity (Wildman–Crippen MR) is 84.9 cm³/mol. The Morgan fingerprint density at radius 2 is 1.84 bits per heavy atom. The van der Waals surface area contributed by atoms with E-state index in [0.29, 0.717) is 0 Å². The largest absolute Gasteiger partial charge is 0.348 e. The number of aromatic amines is 1. The van der Waals surface area contributed by atoms with E-state index in [1.54, 1.807) is 0 Å². The molecule has 3 heteroatoms. The molecule has 0 aliphatic rings. The summed E-state index contributed by atoms with van der Waals surface area (Å²) in [5.74, 6) is 1.12. The van der Waals surface area contributed by atoms with Crippen molar-refractivity contribution in [3.63, 3.8) is 0 Å². The molecule has 104 valence electrons. The average Bonchev–Trinajstić information content (AvgIpc) is 2.87. The number of hydrogen-bond donors (Lipinski definition) is 1. The summed E-state index contributed by atoms with van der Waals surface area (Å²) in [6.07, 6.45) is 6.43. The molecule has 2 rings (SSSR count). The van der Waals surface area contributed by atoms with E-state index in [-0.39, 0.29) is 12.4 Å². The van der Waals surface area contributed by atoms with Crippen LogP contribution in [0.1, 0.15) is 36.8 Å². The molecule has 1 heterocycles. The average molecular weight is 279 g/mol. The predicted octanol–water partition coefficient (Wildman–Crippen LogP) is 4.57. The van der Waals surface area contributed by atoms with Crippen molar-refractivity contribution < 1.29 is 0 Å². The Morgan fingerprint density at radius 1 is 1.16 bits per heavy atom. The van der Waals surface area contributed by atoms with E-state index in [2.05, 4.69) is 54.3 Å². The second-order valence-corrected chi connectivity index (χ2v) is 4.10. The molecule has 0 saturated carbocycles. The maximum atomic E-state index is 4.59. The molecule has 1 aromatic carbocycles. The quantitative estimate of drug-likeness (QED) is 0.798. The summed E-state index contributed by atoms with van der Waals surface area (Å²) >= 11 is 0. The zero-order valence-corrected chi connectivity index (χ0v) is 12.4. The third-order valence-corrected chi connectivity index (χ3v) is 2.68. The lowest BCUT2D eigenvalue weighted by molar-refractivity contribution is 0.760. The van der Waals surface area contributed by atoms with Gasteiger partial charge < -0.3 is 4.98 Å². The lowest BCUT2D eigenvalue weighted by atomic mass is 10.1. The van der Waals surface area contributed by atoms with Crippen LogP contribution in [-0.4, -0.2) is 9.97 Å². The van der Waals surface area contributed by atoms with Crippen LogP contribution in [0.25, 0.3) is 0 Å². The van der Waals surface area contributed by atoms with Gasteiger partial charge in [-0.25, -0.2) is 4.98 Å². The zero-order chi connectivity index (χ0) is 13.2.